The Morgan fingerprint density at radius 1 is 1.14 bits per heavy atom. The predicted molar refractivity (Wildman–Crippen MR) is 78.1 cm³/mol. The van der Waals surface area contributed by atoms with Gasteiger partial charge < -0.3 is 9.64 Å². The number of pyridine rings is 1. The predicted octanol–water partition coefficient (Wildman–Crippen LogP) is 2.01. The summed E-state index contributed by atoms with van der Waals surface area (Å²) in [5.41, 5.74) is 2.38. The van der Waals surface area contributed by atoms with E-state index in [2.05, 4.69) is 4.98 Å². The highest BCUT2D eigenvalue weighted by Gasteiger charge is 2.38. The number of aromatic nitrogens is 1. The lowest BCUT2D eigenvalue weighted by molar-refractivity contribution is -0.142. The van der Waals surface area contributed by atoms with Gasteiger partial charge in [0.2, 0.25) is 0 Å². The van der Waals surface area contributed by atoms with E-state index in [9.17, 15) is 4.79 Å². The van der Waals surface area contributed by atoms with Gasteiger partial charge in [-0.3, -0.25) is 9.78 Å². The van der Waals surface area contributed by atoms with Gasteiger partial charge in [-0.05, 0) is 29.3 Å². The molecule has 1 fully saturated rings. The van der Waals surface area contributed by atoms with Crippen LogP contribution in [0.15, 0.2) is 48.8 Å². The molecule has 4 heteroatoms. The van der Waals surface area contributed by atoms with Crippen molar-refractivity contribution in [2.24, 2.45) is 0 Å². The number of likely N-dealkylation sites (tertiary alicyclic amines) is 1. The Kier molecular flexibility index (Phi) is 2.88. The van der Waals surface area contributed by atoms with Gasteiger partial charge in [0.05, 0.1) is 0 Å². The highest BCUT2D eigenvalue weighted by atomic mass is 16.5. The fraction of sp³-hybridized carbons (Fsp3) is 0.294. The van der Waals surface area contributed by atoms with Gasteiger partial charge in [0.15, 0.2) is 6.10 Å². The van der Waals surface area contributed by atoms with Gasteiger partial charge in [0.25, 0.3) is 5.91 Å². The zero-order chi connectivity index (χ0) is 14.2. The lowest BCUT2D eigenvalue weighted by Crippen LogP contribution is -2.53. The molecule has 0 N–H and O–H groups in total. The Morgan fingerprint density at radius 3 is 2.67 bits per heavy atom. The summed E-state index contributed by atoms with van der Waals surface area (Å²) in [5, 5.41) is 0. The first-order valence-corrected chi connectivity index (χ1v) is 7.24. The normalized spacial score (nSPS) is 20.6. The highest BCUT2D eigenvalue weighted by Crippen LogP contribution is 2.32. The van der Waals surface area contributed by atoms with Crippen LogP contribution in [0.25, 0.3) is 0 Å². The maximum Gasteiger partial charge on any atom is 0.264 e. The van der Waals surface area contributed by atoms with Gasteiger partial charge in [0.1, 0.15) is 5.75 Å². The van der Waals surface area contributed by atoms with E-state index in [0.717, 1.165) is 24.4 Å². The van der Waals surface area contributed by atoms with Crippen LogP contribution in [-0.2, 0) is 11.2 Å². The van der Waals surface area contributed by atoms with Crippen molar-refractivity contribution in [3.05, 3.63) is 59.9 Å². The minimum absolute atomic E-state index is 0.108. The van der Waals surface area contributed by atoms with Gasteiger partial charge >= 0.3 is 0 Å². The summed E-state index contributed by atoms with van der Waals surface area (Å²) in [6.07, 6.45) is 3.94. The van der Waals surface area contributed by atoms with Crippen LogP contribution in [0, 0.1) is 0 Å². The summed E-state index contributed by atoms with van der Waals surface area (Å²) in [5.74, 6) is 1.39. The molecule has 0 aliphatic carbocycles. The van der Waals surface area contributed by atoms with Crippen LogP contribution >= 0.6 is 0 Å². The van der Waals surface area contributed by atoms with Crippen LogP contribution in [0.4, 0.5) is 0 Å². The zero-order valence-corrected chi connectivity index (χ0v) is 11.6. The molecular weight excluding hydrogens is 264 g/mol. The third-order valence-corrected chi connectivity index (χ3v) is 4.29. The van der Waals surface area contributed by atoms with Gasteiger partial charge in [0, 0.05) is 37.8 Å². The van der Waals surface area contributed by atoms with E-state index in [-0.39, 0.29) is 12.0 Å². The molecular formula is C17H16N2O2. The molecule has 0 saturated carbocycles. The number of benzene rings is 1. The van der Waals surface area contributed by atoms with Crippen LogP contribution in [0.3, 0.4) is 0 Å². The van der Waals surface area contributed by atoms with E-state index in [1.807, 2.05) is 41.3 Å². The summed E-state index contributed by atoms with van der Waals surface area (Å²) < 4.78 is 5.77. The van der Waals surface area contributed by atoms with Gasteiger partial charge in [-0.2, -0.15) is 0 Å². The van der Waals surface area contributed by atoms with Crippen molar-refractivity contribution >= 4 is 5.91 Å². The smallest absolute Gasteiger partial charge is 0.264 e. The largest absolute Gasteiger partial charge is 0.480 e. The Balaban J connectivity index is 1.38. The molecule has 1 aromatic heterocycles. The molecule has 2 aliphatic rings. The molecule has 1 aromatic carbocycles. The van der Waals surface area contributed by atoms with Crippen molar-refractivity contribution in [1.82, 2.24) is 9.88 Å². The molecule has 106 valence electrons. The number of rotatable bonds is 2. The molecule has 4 nitrogen and oxygen atoms in total. The monoisotopic (exact) mass is 280 g/mol. The quantitative estimate of drug-likeness (QED) is 0.845. The zero-order valence-electron chi connectivity index (χ0n) is 11.6. The highest BCUT2D eigenvalue weighted by molar-refractivity contribution is 5.83. The Labute approximate surface area is 123 Å². The first-order chi connectivity index (χ1) is 10.3. The van der Waals surface area contributed by atoms with Crippen molar-refractivity contribution in [1.29, 1.82) is 0 Å². The van der Waals surface area contributed by atoms with Crippen molar-refractivity contribution in [3.63, 3.8) is 0 Å². The van der Waals surface area contributed by atoms with Crippen LogP contribution in [0.5, 0.6) is 5.75 Å². The number of carbonyl (C=O) groups is 1. The molecule has 3 heterocycles. The Hall–Kier alpha value is -2.36. The minimum Gasteiger partial charge on any atom is -0.480 e. The third kappa shape index (κ3) is 2.17. The first-order valence-electron chi connectivity index (χ1n) is 7.24. The average Bonchev–Trinajstić information content (AvgIpc) is 2.90. The van der Waals surface area contributed by atoms with E-state index >= 15 is 0 Å². The average molecular weight is 280 g/mol. The molecule has 1 saturated heterocycles. The number of amides is 1. The number of nitrogens with zero attached hydrogens (tertiary/aromatic N) is 2. The second-order valence-electron chi connectivity index (χ2n) is 5.64. The summed E-state index contributed by atoms with van der Waals surface area (Å²) in [4.78, 5) is 18.4. The van der Waals surface area contributed by atoms with E-state index in [1.54, 1.807) is 12.4 Å². The summed E-state index contributed by atoms with van der Waals surface area (Å²) in [6, 6.07) is 11.9. The van der Waals surface area contributed by atoms with Gasteiger partial charge in [-0.25, -0.2) is 0 Å². The first kappa shape index (κ1) is 12.4. The topological polar surface area (TPSA) is 42.4 Å². The van der Waals surface area contributed by atoms with E-state index in [1.165, 1.54) is 5.56 Å². The Morgan fingerprint density at radius 2 is 1.90 bits per heavy atom. The molecule has 2 aliphatic heterocycles. The minimum atomic E-state index is -0.346. The van der Waals surface area contributed by atoms with Crippen LogP contribution in [-0.4, -0.2) is 35.0 Å². The standard InChI is InChI=1S/C17H16N2O2/c20-17(16-9-13-3-1-2-4-15(13)21-16)19-10-14(11-19)12-5-7-18-8-6-12/h1-8,14,16H,9-11H2. The number of para-hydroxylation sites is 1. The number of hydrogen-bond donors (Lipinski definition) is 0. The maximum absolute atomic E-state index is 12.5. The van der Waals surface area contributed by atoms with E-state index < -0.39 is 0 Å². The lowest BCUT2D eigenvalue weighted by Gasteiger charge is -2.40. The van der Waals surface area contributed by atoms with Crippen molar-refractivity contribution < 1.29 is 9.53 Å². The van der Waals surface area contributed by atoms with Crippen molar-refractivity contribution in [2.45, 2.75) is 18.4 Å². The SMILES string of the molecule is O=C(C1Cc2ccccc2O1)N1CC(c2ccncc2)C1. The summed E-state index contributed by atoms with van der Waals surface area (Å²) >= 11 is 0. The van der Waals surface area contributed by atoms with Crippen LogP contribution in [0.2, 0.25) is 0 Å². The molecule has 21 heavy (non-hydrogen) atoms. The van der Waals surface area contributed by atoms with Crippen molar-refractivity contribution in [3.8, 4) is 5.75 Å². The molecule has 0 spiro atoms. The molecule has 1 atom stereocenters. The molecule has 1 amide bonds. The van der Waals surface area contributed by atoms with Crippen LogP contribution in [0.1, 0.15) is 17.0 Å². The van der Waals surface area contributed by atoms with Gasteiger partial charge in [-0.15, -0.1) is 0 Å². The third-order valence-electron chi connectivity index (χ3n) is 4.29. The second kappa shape index (κ2) is 4.88. The number of hydrogen-bond acceptors (Lipinski definition) is 3. The second-order valence-corrected chi connectivity index (χ2v) is 5.64. The van der Waals surface area contributed by atoms with Crippen molar-refractivity contribution in [2.75, 3.05) is 13.1 Å². The number of ether oxygens (including phenoxy) is 1. The number of fused-ring (bicyclic) bond motifs is 1. The molecule has 0 bridgehead atoms. The maximum atomic E-state index is 12.5. The molecule has 0 radical (unpaired) electrons. The molecule has 1 unspecified atom stereocenters. The molecule has 2 aromatic rings. The number of carbonyl (C=O) groups excluding carboxylic acids is 1. The van der Waals surface area contributed by atoms with E-state index in [4.69, 9.17) is 4.74 Å². The fourth-order valence-corrected chi connectivity index (χ4v) is 3.03. The van der Waals surface area contributed by atoms with E-state index in [0.29, 0.717) is 12.3 Å². The van der Waals surface area contributed by atoms with Gasteiger partial charge in [-0.1, -0.05) is 18.2 Å². The summed E-state index contributed by atoms with van der Waals surface area (Å²) in [6.45, 7) is 1.55. The Bertz CT molecular complexity index is 641. The molecule has 4 rings (SSSR count). The lowest BCUT2D eigenvalue weighted by atomic mass is 9.91. The van der Waals surface area contributed by atoms with Crippen LogP contribution < -0.4 is 4.74 Å². The fourth-order valence-electron chi connectivity index (χ4n) is 3.03. The summed E-state index contributed by atoms with van der Waals surface area (Å²) in [7, 11) is 0.